The molecule has 0 amide bonds. The molecule has 5 aliphatic carbocycles. The van der Waals surface area contributed by atoms with Gasteiger partial charge in [0.25, 0.3) is 0 Å². The average molecular weight is 371 g/mol. The van der Waals surface area contributed by atoms with Gasteiger partial charge in [-0.2, -0.15) is 0 Å². The van der Waals surface area contributed by atoms with Crippen molar-refractivity contribution in [3.63, 3.8) is 0 Å². The van der Waals surface area contributed by atoms with Gasteiger partial charge in [0.05, 0.1) is 6.10 Å². The van der Waals surface area contributed by atoms with E-state index >= 15 is 0 Å². The van der Waals surface area contributed by atoms with Crippen LogP contribution in [0.15, 0.2) is 11.1 Å². The molecule has 5 rings (SSSR count). The number of aliphatic hydroxyl groups excluding tert-OH is 1. The number of allylic oxidation sites excluding steroid dienone is 2. The number of hydrogen-bond donors (Lipinski definition) is 1. The fourth-order valence-electron chi connectivity index (χ4n) is 9.77. The van der Waals surface area contributed by atoms with Gasteiger partial charge in [0.1, 0.15) is 0 Å². The largest absolute Gasteiger partial charge is 0.393 e. The lowest BCUT2D eigenvalue weighted by Gasteiger charge is -2.60. The van der Waals surface area contributed by atoms with Gasteiger partial charge < -0.3 is 5.11 Å². The highest BCUT2D eigenvalue weighted by atomic mass is 16.3. The van der Waals surface area contributed by atoms with E-state index in [4.69, 9.17) is 0 Å². The Morgan fingerprint density at radius 2 is 1.52 bits per heavy atom. The molecule has 0 aliphatic heterocycles. The van der Waals surface area contributed by atoms with Crippen molar-refractivity contribution < 1.29 is 5.11 Å². The Morgan fingerprint density at radius 3 is 2.22 bits per heavy atom. The fraction of sp³-hybridized carbons (Fsp3) is 0.923. The molecule has 0 heterocycles. The Labute approximate surface area is 167 Å². The summed E-state index contributed by atoms with van der Waals surface area (Å²) in [5.74, 6) is 1.77. The highest BCUT2D eigenvalue weighted by Crippen LogP contribution is 2.84. The summed E-state index contributed by atoms with van der Waals surface area (Å²) in [4.78, 5) is 0. The molecule has 3 saturated carbocycles. The van der Waals surface area contributed by atoms with Crippen LogP contribution in [0.5, 0.6) is 0 Å². The molecule has 0 bridgehead atoms. The van der Waals surface area contributed by atoms with Crippen LogP contribution in [0, 0.1) is 38.9 Å². The second-order valence-electron chi connectivity index (χ2n) is 12.3. The van der Waals surface area contributed by atoms with Gasteiger partial charge in [-0.15, -0.1) is 0 Å². The van der Waals surface area contributed by atoms with E-state index in [0.29, 0.717) is 21.7 Å². The number of hydrogen-bond acceptors (Lipinski definition) is 1. The topological polar surface area (TPSA) is 20.2 Å². The number of aliphatic hydroxyl groups is 1. The number of fused-ring (bicyclic) bond motifs is 3. The minimum atomic E-state index is -0.0570. The molecule has 8 atom stereocenters. The van der Waals surface area contributed by atoms with E-state index in [1.54, 1.807) is 0 Å². The van der Waals surface area contributed by atoms with Gasteiger partial charge in [0, 0.05) is 5.41 Å². The Morgan fingerprint density at radius 1 is 0.889 bits per heavy atom. The lowest BCUT2D eigenvalue weighted by atomic mass is 9.45. The van der Waals surface area contributed by atoms with Gasteiger partial charge in [-0.25, -0.2) is 0 Å². The molecule has 0 aromatic carbocycles. The van der Waals surface area contributed by atoms with E-state index in [-0.39, 0.29) is 11.5 Å². The van der Waals surface area contributed by atoms with E-state index in [9.17, 15) is 5.11 Å². The standard InChI is InChI=1S/C26H42O/c1-7-17(2)18-8-12-23(4)19-10-15-26-16-25(26,6)21(27)11-14-24(26,5)20(19)9-13-22(18,23)3/h17-18,21,27H,7-16H2,1-6H3/t17-,18?,21+,22-,23+,24-,25+,26-/m1/s1. The zero-order chi connectivity index (χ0) is 19.5. The molecule has 0 radical (unpaired) electrons. The van der Waals surface area contributed by atoms with Crippen LogP contribution in [0.3, 0.4) is 0 Å². The Kier molecular flexibility index (Phi) is 3.63. The molecule has 27 heavy (non-hydrogen) atoms. The van der Waals surface area contributed by atoms with Crippen molar-refractivity contribution in [2.75, 3.05) is 0 Å². The van der Waals surface area contributed by atoms with Crippen molar-refractivity contribution in [3.05, 3.63) is 11.1 Å². The summed E-state index contributed by atoms with van der Waals surface area (Å²) >= 11 is 0. The molecule has 1 N–H and O–H groups in total. The monoisotopic (exact) mass is 370 g/mol. The van der Waals surface area contributed by atoms with Crippen LogP contribution < -0.4 is 0 Å². The predicted octanol–water partition coefficient (Wildman–Crippen LogP) is 6.90. The average Bonchev–Trinajstić information content (AvgIpc) is 3.17. The third-order valence-corrected chi connectivity index (χ3v) is 12.1. The SMILES string of the molecule is CC[C@@H](C)C1CC[C@@]2(C)C3=C(CC[C@]12C)[C@@]1(C)CC[C@H](O)[C@]2(C)C[C@@]21CC3. The quantitative estimate of drug-likeness (QED) is 0.524. The van der Waals surface area contributed by atoms with Gasteiger partial charge >= 0.3 is 0 Å². The van der Waals surface area contributed by atoms with E-state index < -0.39 is 0 Å². The summed E-state index contributed by atoms with van der Waals surface area (Å²) < 4.78 is 0. The zero-order valence-corrected chi connectivity index (χ0v) is 18.8. The minimum Gasteiger partial charge on any atom is -0.393 e. The Balaban J connectivity index is 1.59. The van der Waals surface area contributed by atoms with Crippen molar-refractivity contribution >= 4 is 0 Å². The minimum absolute atomic E-state index is 0.0570. The van der Waals surface area contributed by atoms with E-state index in [0.717, 1.165) is 18.3 Å². The third kappa shape index (κ3) is 1.83. The Hall–Kier alpha value is -0.300. The normalized spacial score (nSPS) is 57.4. The van der Waals surface area contributed by atoms with Gasteiger partial charge in [-0.3, -0.25) is 0 Å². The van der Waals surface area contributed by atoms with E-state index in [1.807, 2.05) is 11.1 Å². The van der Waals surface area contributed by atoms with Crippen LogP contribution in [-0.2, 0) is 0 Å². The molecule has 1 nitrogen and oxygen atoms in total. The predicted molar refractivity (Wildman–Crippen MR) is 112 cm³/mol. The van der Waals surface area contributed by atoms with Crippen molar-refractivity contribution in [3.8, 4) is 0 Å². The first-order valence-corrected chi connectivity index (χ1v) is 12.0. The summed E-state index contributed by atoms with van der Waals surface area (Å²) in [5.41, 5.74) is 5.71. The first kappa shape index (κ1) is 18.7. The molecular weight excluding hydrogens is 328 g/mol. The molecule has 3 fully saturated rings. The van der Waals surface area contributed by atoms with Gasteiger partial charge in [0.15, 0.2) is 0 Å². The summed E-state index contributed by atoms with van der Waals surface area (Å²) in [6, 6.07) is 0. The van der Waals surface area contributed by atoms with E-state index in [1.165, 1.54) is 57.8 Å². The molecule has 0 aromatic rings. The highest BCUT2D eigenvalue weighted by Gasteiger charge is 2.78. The molecule has 0 saturated heterocycles. The van der Waals surface area contributed by atoms with Crippen molar-refractivity contribution in [2.24, 2.45) is 38.9 Å². The fourth-order valence-corrected chi connectivity index (χ4v) is 9.77. The van der Waals surface area contributed by atoms with Crippen LogP contribution in [0.2, 0.25) is 0 Å². The van der Waals surface area contributed by atoms with Crippen LogP contribution >= 0.6 is 0 Å². The van der Waals surface area contributed by atoms with Crippen LogP contribution in [-0.4, -0.2) is 11.2 Å². The maximum Gasteiger partial charge on any atom is 0.0600 e. The Bertz CT molecular complexity index is 707. The van der Waals surface area contributed by atoms with Gasteiger partial charge in [-0.05, 0) is 91.3 Å². The molecular formula is C26H42O. The maximum absolute atomic E-state index is 10.8. The summed E-state index contributed by atoms with van der Waals surface area (Å²) in [6.07, 6.45) is 13.1. The molecule has 5 aliphatic rings. The van der Waals surface area contributed by atoms with Crippen LogP contribution in [0.25, 0.3) is 0 Å². The summed E-state index contributed by atoms with van der Waals surface area (Å²) in [7, 11) is 0. The second kappa shape index (κ2) is 5.24. The first-order chi connectivity index (χ1) is 12.6. The van der Waals surface area contributed by atoms with Crippen LogP contribution in [0.1, 0.15) is 106 Å². The van der Waals surface area contributed by atoms with Crippen molar-refractivity contribution in [1.82, 2.24) is 0 Å². The van der Waals surface area contributed by atoms with Crippen molar-refractivity contribution in [2.45, 2.75) is 112 Å². The zero-order valence-electron chi connectivity index (χ0n) is 18.8. The molecule has 152 valence electrons. The first-order valence-electron chi connectivity index (χ1n) is 12.0. The van der Waals surface area contributed by atoms with Gasteiger partial charge in [0.2, 0.25) is 0 Å². The van der Waals surface area contributed by atoms with Crippen LogP contribution in [0.4, 0.5) is 0 Å². The second-order valence-corrected chi connectivity index (χ2v) is 12.3. The van der Waals surface area contributed by atoms with Crippen molar-refractivity contribution in [1.29, 1.82) is 0 Å². The molecule has 1 spiro atoms. The smallest absolute Gasteiger partial charge is 0.0600 e. The summed E-state index contributed by atoms with van der Waals surface area (Å²) in [6.45, 7) is 15.3. The van der Waals surface area contributed by atoms with Gasteiger partial charge in [-0.1, -0.05) is 59.1 Å². The third-order valence-electron chi connectivity index (χ3n) is 12.1. The lowest BCUT2D eigenvalue weighted by Crippen LogP contribution is -2.51. The molecule has 1 heteroatoms. The highest BCUT2D eigenvalue weighted by molar-refractivity contribution is 5.44. The summed E-state index contributed by atoms with van der Waals surface area (Å²) in [5, 5.41) is 10.8. The van der Waals surface area contributed by atoms with E-state index in [2.05, 4.69) is 41.5 Å². The molecule has 0 aromatic heterocycles. The molecule has 1 unspecified atom stereocenters. The maximum atomic E-state index is 10.8. The lowest BCUT2D eigenvalue weighted by molar-refractivity contribution is -0.0413. The number of rotatable bonds is 2.